The van der Waals surface area contributed by atoms with E-state index in [0.717, 1.165) is 18.7 Å². The summed E-state index contributed by atoms with van der Waals surface area (Å²) in [5.41, 5.74) is 1.02. The van der Waals surface area contributed by atoms with E-state index in [1.54, 1.807) is 29.2 Å². The number of likely N-dealkylation sites (N-methyl/N-ethyl adjacent to an activating group) is 1. The molecule has 0 bridgehead atoms. The van der Waals surface area contributed by atoms with Crippen molar-refractivity contribution in [1.29, 1.82) is 0 Å². The number of nitrogens with one attached hydrogen (secondary N) is 2. The second-order valence-corrected chi connectivity index (χ2v) is 7.80. The predicted octanol–water partition coefficient (Wildman–Crippen LogP) is 0.605. The standard InChI is InChI=1S/C20H21N3O4S/c1-22-6-8-23(9-7-22)20(25)15(21-19(24)18-3-2-10-28-18)11-14-4-5-16-17(12-14)27-13-26-16/h2-5,10-12H,6-9,13H2,1H3,(H,21,24)/p+1/b15-11+. The van der Waals surface area contributed by atoms with Crippen LogP contribution >= 0.6 is 11.3 Å². The molecule has 28 heavy (non-hydrogen) atoms. The molecule has 0 saturated carbocycles. The van der Waals surface area contributed by atoms with Crippen LogP contribution in [0, 0.1) is 0 Å². The van der Waals surface area contributed by atoms with Crippen LogP contribution < -0.4 is 19.7 Å². The van der Waals surface area contributed by atoms with Gasteiger partial charge in [0.15, 0.2) is 11.5 Å². The summed E-state index contributed by atoms with van der Waals surface area (Å²) in [5, 5.41) is 4.64. The van der Waals surface area contributed by atoms with Gasteiger partial charge in [0.1, 0.15) is 5.70 Å². The first-order valence-electron chi connectivity index (χ1n) is 9.17. The molecule has 2 aromatic rings. The van der Waals surface area contributed by atoms with Crippen molar-refractivity contribution in [1.82, 2.24) is 10.2 Å². The molecule has 3 heterocycles. The Labute approximate surface area is 167 Å². The van der Waals surface area contributed by atoms with Gasteiger partial charge in [-0.1, -0.05) is 12.1 Å². The van der Waals surface area contributed by atoms with Crippen molar-refractivity contribution in [2.75, 3.05) is 40.0 Å². The molecular formula is C20H22N3O4S+. The lowest BCUT2D eigenvalue weighted by Gasteiger charge is -2.30. The van der Waals surface area contributed by atoms with Gasteiger partial charge in [0, 0.05) is 0 Å². The van der Waals surface area contributed by atoms with Crippen molar-refractivity contribution >= 4 is 29.2 Å². The van der Waals surface area contributed by atoms with Crippen LogP contribution in [-0.2, 0) is 4.79 Å². The molecule has 1 aromatic carbocycles. The van der Waals surface area contributed by atoms with Gasteiger partial charge in [0.05, 0.1) is 38.1 Å². The maximum Gasteiger partial charge on any atom is 0.270 e. The number of piperazine rings is 1. The molecule has 1 fully saturated rings. The fraction of sp³-hybridized carbons (Fsp3) is 0.300. The second kappa shape index (κ2) is 8.04. The van der Waals surface area contributed by atoms with Crippen molar-refractivity contribution < 1.29 is 24.0 Å². The Morgan fingerprint density at radius 3 is 2.71 bits per heavy atom. The highest BCUT2D eigenvalue weighted by atomic mass is 32.1. The van der Waals surface area contributed by atoms with E-state index in [1.165, 1.54) is 16.2 Å². The van der Waals surface area contributed by atoms with E-state index < -0.39 is 0 Å². The zero-order valence-corrected chi connectivity index (χ0v) is 16.4. The Balaban J connectivity index is 1.60. The summed E-state index contributed by atoms with van der Waals surface area (Å²) in [6.45, 7) is 3.30. The summed E-state index contributed by atoms with van der Waals surface area (Å²) in [5.74, 6) is 0.855. The first kappa shape index (κ1) is 18.5. The molecule has 1 aromatic heterocycles. The molecule has 0 spiro atoms. The highest BCUT2D eigenvalue weighted by molar-refractivity contribution is 7.12. The quantitative estimate of drug-likeness (QED) is 0.738. The van der Waals surface area contributed by atoms with E-state index in [2.05, 4.69) is 12.4 Å². The Bertz CT molecular complexity index is 902. The number of hydrogen-bond donors (Lipinski definition) is 2. The van der Waals surface area contributed by atoms with E-state index in [0.29, 0.717) is 29.5 Å². The molecule has 4 rings (SSSR count). The Morgan fingerprint density at radius 2 is 1.96 bits per heavy atom. The van der Waals surface area contributed by atoms with Gasteiger partial charge >= 0.3 is 0 Å². The fourth-order valence-electron chi connectivity index (χ4n) is 3.17. The van der Waals surface area contributed by atoms with Crippen LogP contribution in [0.3, 0.4) is 0 Å². The van der Waals surface area contributed by atoms with Crippen LogP contribution in [0.5, 0.6) is 11.5 Å². The monoisotopic (exact) mass is 400 g/mol. The molecule has 0 radical (unpaired) electrons. The summed E-state index contributed by atoms with van der Waals surface area (Å²) in [7, 11) is 2.11. The summed E-state index contributed by atoms with van der Waals surface area (Å²) < 4.78 is 10.7. The molecule has 1 saturated heterocycles. The molecule has 2 aliphatic heterocycles. The van der Waals surface area contributed by atoms with Crippen molar-refractivity contribution in [3.05, 3.63) is 51.8 Å². The first-order chi connectivity index (χ1) is 13.6. The third-order valence-corrected chi connectivity index (χ3v) is 5.70. The summed E-state index contributed by atoms with van der Waals surface area (Å²) >= 11 is 1.34. The number of amides is 2. The smallest absolute Gasteiger partial charge is 0.270 e. The van der Waals surface area contributed by atoms with Gasteiger partial charge in [-0.2, -0.15) is 0 Å². The first-order valence-corrected chi connectivity index (χ1v) is 10.0. The summed E-state index contributed by atoms with van der Waals surface area (Å²) in [6, 6.07) is 9.00. The average Bonchev–Trinajstić information content (AvgIpc) is 3.39. The highest BCUT2D eigenvalue weighted by Crippen LogP contribution is 2.33. The van der Waals surface area contributed by atoms with E-state index in [4.69, 9.17) is 9.47 Å². The summed E-state index contributed by atoms with van der Waals surface area (Å²) in [4.78, 5) is 29.5. The fourth-order valence-corrected chi connectivity index (χ4v) is 3.79. The van der Waals surface area contributed by atoms with Crippen LogP contribution in [0.25, 0.3) is 6.08 Å². The van der Waals surface area contributed by atoms with Gasteiger partial charge in [0.2, 0.25) is 6.79 Å². The van der Waals surface area contributed by atoms with Crippen molar-refractivity contribution in [3.8, 4) is 11.5 Å². The molecule has 2 aliphatic rings. The topological polar surface area (TPSA) is 72.3 Å². The lowest BCUT2D eigenvalue weighted by Crippen LogP contribution is -3.12. The van der Waals surface area contributed by atoms with Crippen LogP contribution in [0.15, 0.2) is 41.4 Å². The minimum atomic E-state index is -0.282. The minimum Gasteiger partial charge on any atom is -0.454 e. The van der Waals surface area contributed by atoms with Crippen molar-refractivity contribution in [2.24, 2.45) is 0 Å². The number of rotatable bonds is 4. The number of carbonyl (C=O) groups excluding carboxylic acids is 2. The summed E-state index contributed by atoms with van der Waals surface area (Å²) in [6.07, 6.45) is 1.70. The SMILES string of the molecule is C[NH+]1CCN(C(=O)/C(=C\c2ccc3c(c2)OCO3)NC(=O)c2cccs2)CC1. The molecule has 0 aliphatic carbocycles. The van der Waals surface area contributed by atoms with Gasteiger partial charge in [-0.15, -0.1) is 11.3 Å². The zero-order valence-electron chi connectivity index (χ0n) is 15.6. The molecule has 2 amide bonds. The Kier molecular flexibility index (Phi) is 5.31. The van der Waals surface area contributed by atoms with Crippen LogP contribution in [0.4, 0.5) is 0 Å². The molecule has 8 heteroatoms. The molecule has 0 atom stereocenters. The zero-order chi connectivity index (χ0) is 19.5. The lowest BCUT2D eigenvalue weighted by molar-refractivity contribution is -0.883. The lowest BCUT2D eigenvalue weighted by atomic mass is 10.1. The van der Waals surface area contributed by atoms with Gasteiger partial charge in [0.25, 0.3) is 11.8 Å². The second-order valence-electron chi connectivity index (χ2n) is 6.85. The molecule has 7 nitrogen and oxygen atoms in total. The van der Waals surface area contributed by atoms with Crippen LogP contribution in [-0.4, -0.2) is 56.7 Å². The number of nitrogens with zero attached hydrogens (tertiary/aromatic N) is 1. The maximum absolute atomic E-state index is 13.1. The normalized spacial score (nSPS) is 16.9. The van der Waals surface area contributed by atoms with Crippen molar-refractivity contribution in [2.45, 2.75) is 0 Å². The Hall–Kier alpha value is -2.84. The van der Waals surface area contributed by atoms with Crippen molar-refractivity contribution in [3.63, 3.8) is 0 Å². The number of ether oxygens (including phenoxy) is 2. The van der Waals surface area contributed by atoms with E-state index in [-0.39, 0.29) is 24.3 Å². The number of fused-ring (bicyclic) bond motifs is 1. The molecule has 146 valence electrons. The third kappa shape index (κ3) is 4.02. The van der Waals surface area contributed by atoms with E-state index >= 15 is 0 Å². The average molecular weight is 400 g/mol. The highest BCUT2D eigenvalue weighted by Gasteiger charge is 2.26. The van der Waals surface area contributed by atoms with Gasteiger partial charge < -0.3 is 24.6 Å². The Morgan fingerprint density at radius 1 is 1.18 bits per heavy atom. The van der Waals surface area contributed by atoms with Gasteiger partial charge in [-0.05, 0) is 35.2 Å². The van der Waals surface area contributed by atoms with Crippen LogP contribution in [0.2, 0.25) is 0 Å². The minimum absolute atomic E-state index is 0.171. The number of carbonyl (C=O) groups is 2. The van der Waals surface area contributed by atoms with E-state index in [1.807, 2.05) is 17.5 Å². The number of quaternary nitrogens is 1. The molecular weight excluding hydrogens is 378 g/mol. The van der Waals surface area contributed by atoms with Crippen LogP contribution in [0.1, 0.15) is 15.2 Å². The predicted molar refractivity (Wildman–Crippen MR) is 106 cm³/mol. The largest absolute Gasteiger partial charge is 0.454 e. The maximum atomic E-state index is 13.1. The molecule has 0 unspecified atom stereocenters. The number of thiophene rings is 1. The van der Waals surface area contributed by atoms with Gasteiger partial charge in [-0.25, -0.2) is 0 Å². The van der Waals surface area contributed by atoms with E-state index in [9.17, 15) is 9.59 Å². The molecule has 2 N–H and O–H groups in total. The third-order valence-electron chi connectivity index (χ3n) is 4.84. The van der Waals surface area contributed by atoms with Gasteiger partial charge in [-0.3, -0.25) is 9.59 Å². The number of hydrogen-bond acceptors (Lipinski definition) is 5. The number of benzene rings is 1.